The standard InChI is InChI=1S/C18H19ClF3N3O/c1-3-10-4-5-12(19)8-11(10)9-25(13-6-7-13)18(26)14-15(16(20)21)23-24(2)17(14)22/h4-5,8,13,16H,3,6-7,9H2,1-2H3. The third kappa shape index (κ3) is 3.58. The molecule has 0 spiro atoms. The lowest BCUT2D eigenvalue weighted by molar-refractivity contribution is 0.0711. The van der Waals surface area contributed by atoms with E-state index < -0.39 is 29.5 Å². The Hall–Kier alpha value is -2.02. The van der Waals surface area contributed by atoms with Crippen molar-refractivity contribution in [3.8, 4) is 0 Å². The number of benzene rings is 1. The van der Waals surface area contributed by atoms with Crippen molar-refractivity contribution in [2.45, 2.75) is 45.2 Å². The fourth-order valence-corrected chi connectivity index (χ4v) is 3.23. The molecule has 1 aromatic heterocycles. The summed E-state index contributed by atoms with van der Waals surface area (Å²) in [4.78, 5) is 14.4. The summed E-state index contributed by atoms with van der Waals surface area (Å²) in [6, 6.07) is 5.32. The summed E-state index contributed by atoms with van der Waals surface area (Å²) in [7, 11) is 1.20. The van der Waals surface area contributed by atoms with Crippen LogP contribution >= 0.6 is 11.6 Å². The summed E-state index contributed by atoms with van der Waals surface area (Å²) in [5.74, 6) is -1.80. The summed E-state index contributed by atoms with van der Waals surface area (Å²) < 4.78 is 41.5. The molecule has 0 atom stereocenters. The zero-order chi connectivity index (χ0) is 19.0. The first kappa shape index (κ1) is 18.8. The number of carbonyl (C=O) groups excluding carboxylic acids is 1. The van der Waals surface area contributed by atoms with Gasteiger partial charge in [0.05, 0.1) is 0 Å². The maximum atomic E-state index is 14.3. The molecule has 26 heavy (non-hydrogen) atoms. The molecule has 8 heteroatoms. The number of carbonyl (C=O) groups is 1. The number of hydrogen-bond acceptors (Lipinski definition) is 2. The van der Waals surface area contributed by atoms with Crippen LogP contribution in [-0.4, -0.2) is 26.6 Å². The summed E-state index contributed by atoms with van der Waals surface area (Å²) >= 11 is 6.07. The smallest absolute Gasteiger partial charge is 0.283 e. The molecular weight excluding hydrogens is 367 g/mol. The van der Waals surface area contributed by atoms with Gasteiger partial charge in [0.15, 0.2) is 0 Å². The lowest BCUT2D eigenvalue weighted by atomic mass is 10.0. The highest BCUT2D eigenvalue weighted by atomic mass is 35.5. The number of rotatable bonds is 6. The Morgan fingerprint density at radius 1 is 1.38 bits per heavy atom. The van der Waals surface area contributed by atoms with Crippen molar-refractivity contribution in [3.63, 3.8) is 0 Å². The molecule has 0 unspecified atom stereocenters. The Balaban J connectivity index is 1.97. The molecular formula is C18H19ClF3N3O. The van der Waals surface area contributed by atoms with Crippen LogP contribution in [0.2, 0.25) is 5.02 Å². The average Bonchev–Trinajstić information content (AvgIpc) is 3.38. The molecule has 1 aromatic carbocycles. The first-order valence-corrected chi connectivity index (χ1v) is 8.80. The van der Waals surface area contributed by atoms with E-state index in [9.17, 15) is 18.0 Å². The zero-order valence-corrected chi connectivity index (χ0v) is 15.2. The van der Waals surface area contributed by atoms with E-state index in [0.29, 0.717) is 9.70 Å². The average molecular weight is 386 g/mol. The van der Waals surface area contributed by atoms with Gasteiger partial charge < -0.3 is 4.90 Å². The molecule has 0 bridgehead atoms. The second-order valence-corrected chi connectivity index (χ2v) is 6.84. The first-order valence-electron chi connectivity index (χ1n) is 8.42. The zero-order valence-electron chi connectivity index (χ0n) is 14.5. The summed E-state index contributed by atoms with van der Waals surface area (Å²) in [5, 5.41) is 4.00. The van der Waals surface area contributed by atoms with Crippen molar-refractivity contribution in [3.05, 3.63) is 51.6 Å². The molecule has 1 aliphatic carbocycles. The van der Waals surface area contributed by atoms with Crippen molar-refractivity contribution >= 4 is 17.5 Å². The van der Waals surface area contributed by atoms with Gasteiger partial charge in [0.2, 0.25) is 5.95 Å². The third-order valence-corrected chi connectivity index (χ3v) is 4.80. The maximum Gasteiger partial charge on any atom is 0.283 e. The number of halogens is 4. The molecule has 140 valence electrons. The highest BCUT2D eigenvalue weighted by Crippen LogP contribution is 2.33. The number of hydrogen-bond donors (Lipinski definition) is 0. The fraction of sp³-hybridized carbons (Fsp3) is 0.444. The maximum absolute atomic E-state index is 14.3. The van der Waals surface area contributed by atoms with Crippen LogP contribution in [0.25, 0.3) is 0 Å². The van der Waals surface area contributed by atoms with Crippen molar-refractivity contribution in [1.29, 1.82) is 0 Å². The minimum Gasteiger partial charge on any atom is -0.331 e. The summed E-state index contributed by atoms with van der Waals surface area (Å²) in [5.41, 5.74) is 0.383. The molecule has 1 saturated carbocycles. The third-order valence-electron chi connectivity index (χ3n) is 4.56. The van der Waals surface area contributed by atoms with E-state index in [1.165, 1.54) is 11.9 Å². The molecule has 1 amide bonds. The Morgan fingerprint density at radius 3 is 2.65 bits per heavy atom. The molecule has 2 aromatic rings. The van der Waals surface area contributed by atoms with Crippen LogP contribution in [0.3, 0.4) is 0 Å². The molecule has 1 fully saturated rings. The van der Waals surface area contributed by atoms with Crippen molar-refractivity contribution in [2.24, 2.45) is 7.05 Å². The van der Waals surface area contributed by atoms with Gasteiger partial charge in [-0.2, -0.15) is 9.49 Å². The Labute approximate surface area is 154 Å². The number of aryl methyl sites for hydroxylation is 2. The lowest BCUT2D eigenvalue weighted by Gasteiger charge is -2.24. The quantitative estimate of drug-likeness (QED) is 0.733. The number of aromatic nitrogens is 2. The monoisotopic (exact) mass is 385 g/mol. The predicted octanol–water partition coefficient (Wildman–Crippen LogP) is 4.52. The van der Waals surface area contributed by atoms with E-state index >= 15 is 0 Å². The minimum absolute atomic E-state index is 0.0867. The molecule has 0 N–H and O–H groups in total. The van der Waals surface area contributed by atoms with Crippen LogP contribution in [0.4, 0.5) is 13.2 Å². The second kappa shape index (κ2) is 7.31. The molecule has 0 radical (unpaired) electrons. The fourth-order valence-electron chi connectivity index (χ4n) is 3.04. The van der Waals surface area contributed by atoms with Gasteiger partial charge in [-0.05, 0) is 42.5 Å². The van der Waals surface area contributed by atoms with Gasteiger partial charge in [-0.15, -0.1) is 0 Å². The van der Waals surface area contributed by atoms with Crippen molar-refractivity contribution < 1.29 is 18.0 Å². The molecule has 1 aliphatic rings. The van der Waals surface area contributed by atoms with Crippen molar-refractivity contribution in [2.75, 3.05) is 0 Å². The van der Waals surface area contributed by atoms with Crippen LogP contribution in [0.15, 0.2) is 18.2 Å². The molecule has 0 aliphatic heterocycles. The molecule has 4 nitrogen and oxygen atoms in total. The normalized spacial score (nSPS) is 14.1. The van der Waals surface area contributed by atoms with Gasteiger partial charge in [0.1, 0.15) is 11.3 Å². The molecule has 0 saturated heterocycles. The van der Waals surface area contributed by atoms with Crippen LogP contribution < -0.4 is 0 Å². The van der Waals surface area contributed by atoms with E-state index in [1.54, 1.807) is 12.1 Å². The predicted molar refractivity (Wildman–Crippen MR) is 91.8 cm³/mol. The van der Waals surface area contributed by atoms with Gasteiger partial charge in [0, 0.05) is 24.7 Å². The highest BCUT2D eigenvalue weighted by molar-refractivity contribution is 6.30. The number of alkyl halides is 2. The number of amides is 1. The van der Waals surface area contributed by atoms with Crippen LogP contribution in [0.5, 0.6) is 0 Å². The molecule has 3 rings (SSSR count). The van der Waals surface area contributed by atoms with Gasteiger partial charge in [0.25, 0.3) is 12.3 Å². The van der Waals surface area contributed by atoms with Gasteiger partial charge in [-0.3, -0.25) is 4.79 Å². The topological polar surface area (TPSA) is 38.1 Å². The van der Waals surface area contributed by atoms with Crippen LogP contribution in [-0.2, 0) is 20.0 Å². The van der Waals surface area contributed by atoms with E-state index in [-0.39, 0.29) is 12.6 Å². The van der Waals surface area contributed by atoms with Gasteiger partial charge in [-0.25, -0.2) is 13.5 Å². The van der Waals surface area contributed by atoms with Crippen LogP contribution in [0.1, 0.15) is 53.4 Å². The summed E-state index contributed by atoms with van der Waals surface area (Å²) in [6.07, 6.45) is -0.759. The van der Waals surface area contributed by atoms with Gasteiger partial charge in [-0.1, -0.05) is 24.6 Å². The molecule has 1 heterocycles. The second-order valence-electron chi connectivity index (χ2n) is 6.41. The lowest BCUT2D eigenvalue weighted by Crippen LogP contribution is -2.34. The first-order chi connectivity index (χ1) is 12.3. The van der Waals surface area contributed by atoms with Crippen molar-refractivity contribution in [1.82, 2.24) is 14.7 Å². The largest absolute Gasteiger partial charge is 0.331 e. The Kier molecular flexibility index (Phi) is 5.27. The minimum atomic E-state index is -3.02. The van der Waals surface area contributed by atoms with E-state index in [4.69, 9.17) is 11.6 Å². The Bertz CT molecular complexity index is 833. The van der Waals surface area contributed by atoms with Gasteiger partial charge >= 0.3 is 0 Å². The van der Waals surface area contributed by atoms with Crippen LogP contribution in [0, 0.1) is 5.95 Å². The number of nitrogens with zero attached hydrogens (tertiary/aromatic N) is 3. The summed E-state index contributed by atoms with van der Waals surface area (Å²) in [6.45, 7) is 2.18. The van der Waals surface area contributed by atoms with E-state index in [0.717, 1.165) is 30.4 Å². The SMILES string of the molecule is CCc1ccc(Cl)cc1CN(C(=O)c1c(C(F)F)nn(C)c1F)C1CC1. The van der Waals surface area contributed by atoms with E-state index in [1.807, 2.05) is 13.0 Å². The highest BCUT2D eigenvalue weighted by Gasteiger charge is 2.38. The van der Waals surface area contributed by atoms with E-state index in [2.05, 4.69) is 5.10 Å². The Morgan fingerprint density at radius 2 is 2.08 bits per heavy atom.